The first-order valence-electron chi connectivity index (χ1n) is 4.98. The van der Waals surface area contributed by atoms with Crippen LogP contribution in [0.15, 0.2) is 30.8 Å². The van der Waals surface area contributed by atoms with Crippen LogP contribution in [0, 0.1) is 0 Å². The third-order valence-corrected chi connectivity index (χ3v) is 4.21. The molecule has 3 heteroatoms. The molecule has 0 unspecified atom stereocenters. The van der Waals surface area contributed by atoms with Crippen LogP contribution in [-0.4, -0.2) is 23.5 Å². The summed E-state index contributed by atoms with van der Waals surface area (Å²) in [5, 5.41) is 0. The second-order valence-corrected chi connectivity index (χ2v) is 5.75. The highest BCUT2D eigenvalue weighted by atomic mass is 28.3. The lowest BCUT2D eigenvalue weighted by atomic mass is 10.0. The zero-order chi connectivity index (χ0) is 11.3. The molecule has 0 aliphatic heterocycles. The van der Waals surface area contributed by atoms with E-state index in [9.17, 15) is 0 Å². The van der Waals surface area contributed by atoms with Crippen LogP contribution in [0.1, 0.15) is 18.1 Å². The van der Waals surface area contributed by atoms with Crippen molar-refractivity contribution in [3.05, 3.63) is 42.0 Å². The summed E-state index contributed by atoms with van der Waals surface area (Å²) in [6.07, 6.45) is 0. The molecular formula is C12H18O2Si. The van der Waals surface area contributed by atoms with Crippen molar-refractivity contribution in [2.75, 3.05) is 14.2 Å². The number of rotatable bonds is 5. The molecule has 0 spiro atoms. The van der Waals surface area contributed by atoms with Crippen LogP contribution in [0.4, 0.5) is 0 Å². The minimum absolute atomic E-state index is 0.885. The van der Waals surface area contributed by atoms with Gasteiger partial charge in [-0.25, -0.2) is 0 Å². The average Bonchev–Trinajstić information content (AvgIpc) is 2.26. The monoisotopic (exact) mass is 222 g/mol. The van der Waals surface area contributed by atoms with Crippen molar-refractivity contribution in [1.82, 2.24) is 0 Å². The van der Waals surface area contributed by atoms with Gasteiger partial charge in [-0.3, -0.25) is 0 Å². The molecule has 0 N–H and O–H groups in total. The second kappa shape index (κ2) is 5.85. The Morgan fingerprint density at radius 2 is 1.87 bits per heavy atom. The largest absolute Gasteiger partial charge is 0.400 e. The smallest absolute Gasteiger partial charge is 0.325 e. The summed E-state index contributed by atoms with van der Waals surface area (Å²) >= 11 is 0. The van der Waals surface area contributed by atoms with E-state index in [4.69, 9.17) is 8.85 Å². The number of hydrogen-bond acceptors (Lipinski definition) is 2. The molecular weight excluding hydrogens is 204 g/mol. The van der Waals surface area contributed by atoms with Gasteiger partial charge in [-0.15, -0.1) is 0 Å². The maximum absolute atomic E-state index is 5.33. The quantitative estimate of drug-likeness (QED) is 0.712. The van der Waals surface area contributed by atoms with Gasteiger partial charge in [0.2, 0.25) is 0 Å². The van der Waals surface area contributed by atoms with Crippen molar-refractivity contribution in [2.45, 2.75) is 13.0 Å². The molecule has 0 aliphatic rings. The first-order valence-corrected chi connectivity index (χ1v) is 6.74. The molecule has 0 atom stereocenters. The molecule has 1 aromatic carbocycles. The fraction of sp³-hybridized carbons (Fsp3) is 0.333. The highest BCUT2D eigenvalue weighted by Crippen LogP contribution is 2.18. The van der Waals surface area contributed by atoms with Crippen LogP contribution >= 0.6 is 0 Å². The van der Waals surface area contributed by atoms with Crippen molar-refractivity contribution in [3.8, 4) is 0 Å². The molecule has 0 heterocycles. The molecule has 0 radical (unpaired) electrons. The lowest BCUT2D eigenvalue weighted by Gasteiger charge is -2.14. The van der Waals surface area contributed by atoms with E-state index >= 15 is 0 Å². The van der Waals surface area contributed by atoms with Gasteiger partial charge < -0.3 is 8.85 Å². The molecule has 1 aromatic rings. The Hall–Kier alpha value is -0.903. The molecule has 0 aromatic heterocycles. The summed E-state index contributed by atoms with van der Waals surface area (Å²) in [6, 6.07) is 9.16. The maximum atomic E-state index is 5.33. The van der Waals surface area contributed by atoms with Gasteiger partial charge in [-0.05, 0) is 18.1 Å². The van der Waals surface area contributed by atoms with Crippen LogP contribution in [-0.2, 0) is 14.9 Å². The molecule has 2 nitrogen and oxygen atoms in total. The third kappa shape index (κ3) is 3.30. The predicted molar refractivity (Wildman–Crippen MR) is 66.0 cm³/mol. The molecule has 1 rings (SSSR count). The van der Waals surface area contributed by atoms with E-state index in [1.54, 1.807) is 14.2 Å². The topological polar surface area (TPSA) is 18.5 Å². The molecule has 0 bridgehead atoms. The predicted octanol–water partition coefficient (Wildman–Crippen LogP) is 2.31. The Labute approximate surface area is 93.4 Å². The van der Waals surface area contributed by atoms with Crippen molar-refractivity contribution < 1.29 is 8.85 Å². The summed E-state index contributed by atoms with van der Waals surface area (Å²) in [6.45, 7) is 6.00. The van der Waals surface area contributed by atoms with Crippen molar-refractivity contribution in [3.63, 3.8) is 0 Å². The van der Waals surface area contributed by atoms with Crippen molar-refractivity contribution >= 4 is 14.9 Å². The molecule has 0 saturated carbocycles. The molecule has 82 valence electrons. The van der Waals surface area contributed by atoms with E-state index < -0.39 is 9.28 Å². The van der Waals surface area contributed by atoms with Gasteiger partial charge in [0.05, 0.1) is 0 Å². The second-order valence-electron chi connectivity index (χ2n) is 3.54. The van der Waals surface area contributed by atoms with Gasteiger partial charge in [0.1, 0.15) is 0 Å². The fourth-order valence-electron chi connectivity index (χ4n) is 1.56. The minimum atomic E-state index is -1.53. The molecule has 0 amide bonds. The highest BCUT2D eigenvalue weighted by molar-refractivity contribution is 6.43. The maximum Gasteiger partial charge on any atom is 0.325 e. The van der Waals surface area contributed by atoms with Gasteiger partial charge in [0, 0.05) is 20.3 Å². The number of allylic oxidation sites excluding steroid dienone is 1. The summed E-state index contributed by atoms with van der Waals surface area (Å²) in [4.78, 5) is 0. The minimum Gasteiger partial charge on any atom is -0.400 e. The summed E-state index contributed by atoms with van der Waals surface area (Å²) in [7, 11) is 1.89. The van der Waals surface area contributed by atoms with E-state index in [1.165, 1.54) is 11.1 Å². The summed E-state index contributed by atoms with van der Waals surface area (Å²) < 4.78 is 10.7. The Bertz CT molecular complexity index is 332. The Morgan fingerprint density at radius 3 is 2.40 bits per heavy atom. The Kier molecular flexibility index (Phi) is 4.75. The van der Waals surface area contributed by atoms with E-state index in [0.717, 1.165) is 11.6 Å². The van der Waals surface area contributed by atoms with Gasteiger partial charge in [-0.1, -0.05) is 36.4 Å². The zero-order valence-corrected chi connectivity index (χ0v) is 10.8. The summed E-state index contributed by atoms with van der Waals surface area (Å²) in [5.41, 5.74) is 3.57. The van der Waals surface area contributed by atoms with Crippen LogP contribution in [0.3, 0.4) is 0 Å². The standard InChI is InChI=1S/C12H18O2Si/c1-10(2)12-8-6-5-7-11(12)9-15(13-3)14-4/h5-8,15H,1,9H2,2-4H3. The first kappa shape index (κ1) is 12.2. The average molecular weight is 222 g/mol. The molecule has 0 fully saturated rings. The third-order valence-electron chi connectivity index (χ3n) is 2.39. The van der Waals surface area contributed by atoms with Crippen LogP contribution in [0.5, 0.6) is 0 Å². The zero-order valence-electron chi connectivity index (χ0n) is 9.62. The SMILES string of the molecule is C=C(C)c1ccccc1C[SiH](OC)OC. The lowest BCUT2D eigenvalue weighted by molar-refractivity contribution is 0.277. The Balaban J connectivity index is 2.88. The van der Waals surface area contributed by atoms with E-state index in [-0.39, 0.29) is 0 Å². The normalized spacial score (nSPS) is 10.7. The number of benzene rings is 1. The highest BCUT2D eigenvalue weighted by Gasteiger charge is 2.13. The van der Waals surface area contributed by atoms with Gasteiger partial charge >= 0.3 is 9.28 Å². The van der Waals surface area contributed by atoms with Gasteiger partial charge in [0.25, 0.3) is 0 Å². The fourth-order valence-corrected chi connectivity index (χ4v) is 2.80. The molecule has 0 saturated heterocycles. The summed E-state index contributed by atoms with van der Waals surface area (Å²) in [5.74, 6) is 0. The van der Waals surface area contributed by atoms with Crippen molar-refractivity contribution in [1.29, 1.82) is 0 Å². The first-order chi connectivity index (χ1) is 7.19. The lowest BCUT2D eigenvalue weighted by Crippen LogP contribution is -2.23. The van der Waals surface area contributed by atoms with E-state index in [1.807, 2.05) is 19.1 Å². The van der Waals surface area contributed by atoms with E-state index in [0.29, 0.717) is 0 Å². The van der Waals surface area contributed by atoms with Crippen molar-refractivity contribution in [2.24, 2.45) is 0 Å². The van der Waals surface area contributed by atoms with E-state index in [2.05, 4.69) is 18.7 Å². The van der Waals surface area contributed by atoms with Gasteiger partial charge in [-0.2, -0.15) is 0 Å². The van der Waals surface area contributed by atoms with Crippen LogP contribution < -0.4 is 0 Å². The van der Waals surface area contributed by atoms with Crippen LogP contribution in [0.25, 0.3) is 5.57 Å². The molecule has 0 aliphatic carbocycles. The van der Waals surface area contributed by atoms with Gasteiger partial charge in [0.15, 0.2) is 0 Å². The number of hydrogen-bond donors (Lipinski definition) is 0. The van der Waals surface area contributed by atoms with Crippen LogP contribution in [0.2, 0.25) is 0 Å². The molecule has 15 heavy (non-hydrogen) atoms. The Morgan fingerprint density at radius 1 is 1.27 bits per heavy atom.